The Labute approximate surface area is 211 Å². The van der Waals surface area contributed by atoms with Crippen LogP contribution in [0, 0.1) is 5.92 Å². The summed E-state index contributed by atoms with van der Waals surface area (Å²) in [5.74, 6) is -2.61. The van der Waals surface area contributed by atoms with Crippen LogP contribution in [-0.2, 0) is 27.4 Å². The molecule has 1 aliphatic carbocycles. The lowest BCUT2D eigenvalue weighted by atomic mass is 9.75. The number of aliphatic hydroxyl groups is 2. The van der Waals surface area contributed by atoms with Crippen LogP contribution in [0.25, 0.3) is 0 Å². The van der Waals surface area contributed by atoms with Gasteiger partial charge in [0.1, 0.15) is 17.1 Å². The minimum Gasteiger partial charge on any atom is -0.512 e. The summed E-state index contributed by atoms with van der Waals surface area (Å²) >= 11 is 0. The van der Waals surface area contributed by atoms with Crippen molar-refractivity contribution in [3.8, 4) is 5.75 Å². The number of carbonyl (C=O) groups excluding carboxylic acids is 3. The lowest BCUT2D eigenvalue weighted by Gasteiger charge is -2.32. The number of benzene rings is 1. The fourth-order valence-electron chi connectivity index (χ4n) is 4.72. The number of aldehydes is 1. The van der Waals surface area contributed by atoms with Gasteiger partial charge in [0.25, 0.3) is 5.91 Å². The molecule has 1 unspecified atom stereocenters. The molecule has 0 aliphatic heterocycles. The summed E-state index contributed by atoms with van der Waals surface area (Å²) in [6.45, 7) is 2.04. The number of hydrogen-bond acceptors (Lipinski definition) is 9. The molecule has 1 aromatic rings. The number of Topliss-reactive ketones (excluding diaryl/α,β-unsaturated/α-hetero) is 1. The van der Waals surface area contributed by atoms with E-state index in [0.29, 0.717) is 18.4 Å². The largest absolute Gasteiger partial charge is 0.512 e. The average Bonchev–Trinajstić information content (AvgIpc) is 2.80. The number of primary amides is 1. The summed E-state index contributed by atoms with van der Waals surface area (Å²) < 4.78 is 5.20. The smallest absolute Gasteiger partial charge is 0.255 e. The Morgan fingerprint density at radius 3 is 2.39 bits per heavy atom. The van der Waals surface area contributed by atoms with Gasteiger partial charge in [-0.2, -0.15) is 0 Å². The average molecular weight is 504 g/mol. The van der Waals surface area contributed by atoms with Crippen molar-refractivity contribution in [1.29, 1.82) is 0 Å². The van der Waals surface area contributed by atoms with Crippen molar-refractivity contribution in [2.75, 3.05) is 40.2 Å². The van der Waals surface area contributed by atoms with Crippen LogP contribution < -0.4 is 10.6 Å². The van der Waals surface area contributed by atoms with Crippen LogP contribution in [0.15, 0.2) is 28.7 Å². The molecule has 0 fully saturated rings. The number of fused-ring (bicyclic) bond motifs is 1. The van der Waals surface area contributed by atoms with Gasteiger partial charge in [0, 0.05) is 44.4 Å². The van der Waals surface area contributed by atoms with Crippen molar-refractivity contribution in [2.45, 2.75) is 45.3 Å². The molecule has 0 bridgehead atoms. The Morgan fingerprint density at radius 2 is 1.92 bits per heavy atom. The van der Waals surface area contributed by atoms with Gasteiger partial charge in [0.15, 0.2) is 12.1 Å². The van der Waals surface area contributed by atoms with Gasteiger partial charge >= 0.3 is 0 Å². The van der Waals surface area contributed by atoms with Gasteiger partial charge < -0.3 is 30.7 Å². The highest BCUT2D eigenvalue weighted by atomic mass is 16.5. The predicted molar refractivity (Wildman–Crippen MR) is 136 cm³/mol. The van der Waals surface area contributed by atoms with E-state index in [9.17, 15) is 29.7 Å². The van der Waals surface area contributed by atoms with Gasteiger partial charge in [-0.1, -0.05) is 6.92 Å². The molecule has 2 atom stereocenters. The number of nitrogens with zero attached hydrogens (tertiary/aromatic N) is 2. The van der Waals surface area contributed by atoms with Gasteiger partial charge in [-0.25, -0.2) is 0 Å². The monoisotopic (exact) mass is 503 g/mol. The number of ketones is 1. The fourth-order valence-corrected chi connectivity index (χ4v) is 4.72. The number of amides is 1. The molecule has 0 saturated heterocycles. The Bertz CT molecular complexity index is 1090. The van der Waals surface area contributed by atoms with E-state index in [1.54, 1.807) is 19.0 Å². The highest BCUT2D eigenvalue weighted by Crippen LogP contribution is 2.43. The summed E-state index contributed by atoms with van der Waals surface area (Å²) in [6, 6.07) is 1.01. The number of likely N-dealkylation sites (N-methyl/N-ethyl adjacent to an activating group) is 1. The van der Waals surface area contributed by atoms with Crippen LogP contribution in [0.3, 0.4) is 0 Å². The number of methoxy groups -OCH3 is 1. The highest BCUT2D eigenvalue weighted by Gasteiger charge is 2.37. The summed E-state index contributed by atoms with van der Waals surface area (Å²) in [5.41, 5.74) is 7.01. The summed E-state index contributed by atoms with van der Waals surface area (Å²) in [6.07, 6.45) is 1.32. The second-order valence-corrected chi connectivity index (χ2v) is 9.38. The fraction of sp³-hybridized carbons (Fsp3) is 0.500. The third-order valence-electron chi connectivity index (χ3n) is 6.63. The van der Waals surface area contributed by atoms with E-state index in [0.717, 1.165) is 11.3 Å². The van der Waals surface area contributed by atoms with E-state index in [1.165, 1.54) is 7.11 Å². The summed E-state index contributed by atoms with van der Waals surface area (Å²) in [4.78, 5) is 40.0. The maximum absolute atomic E-state index is 13.7. The number of aliphatic hydroxyl groups excluding tert-OH is 2. The van der Waals surface area contributed by atoms with Crippen LogP contribution in [0.2, 0.25) is 0 Å². The van der Waals surface area contributed by atoms with Crippen molar-refractivity contribution in [1.82, 2.24) is 4.90 Å². The molecule has 1 amide bonds. The zero-order chi connectivity index (χ0) is 27.3. The van der Waals surface area contributed by atoms with Gasteiger partial charge in [-0.05, 0) is 50.9 Å². The van der Waals surface area contributed by atoms with E-state index < -0.39 is 29.1 Å². The molecule has 0 spiro atoms. The number of phenols is 1. The first-order chi connectivity index (χ1) is 16.9. The van der Waals surface area contributed by atoms with Crippen molar-refractivity contribution < 1.29 is 34.4 Å². The second-order valence-electron chi connectivity index (χ2n) is 9.38. The first kappa shape index (κ1) is 28.9. The number of aromatic hydroxyl groups is 1. The molecule has 0 heterocycles. The van der Waals surface area contributed by atoms with Crippen molar-refractivity contribution in [3.63, 3.8) is 0 Å². The van der Waals surface area contributed by atoms with Gasteiger partial charge in [0.2, 0.25) is 0 Å². The van der Waals surface area contributed by atoms with Crippen molar-refractivity contribution in [2.24, 2.45) is 11.7 Å². The maximum atomic E-state index is 13.7. The summed E-state index contributed by atoms with van der Waals surface area (Å²) in [5, 5.41) is 32.6. The predicted octanol–water partition coefficient (Wildman–Crippen LogP) is 2.39. The van der Waals surface area contributed by atoms with Gasteiger partial charge in [0.05, 0.1) is 24.0 Å². The van der Waals surface area contributed by atoms with E-state index in [2.05, 4.69) is 0 Å². The van der Waals surface area contributed by atoms with Crippen LogP contribution in [0.5, 0.6) is 5.75 Å². The van der Waals surface area contributed by atoms with Gasteiger partial charge in [-0.15, -0.1) is 0 Å². The number of carbonyl (C=O) groups is 3. The van der Waals surface area contributed by atoms with E-state index in [-0.39, 0.29) is 54.3 Å². The first-order valence-corrected chi connectivity index (χ1v) is 11.8. The number of phenolic OH excluding ortho intramolecular Hbond substituents is 1. The molecule has 10 nitrogen and oxygen atoms in total. The van der Waals surface area contributed by atoms with Crippen LogP contribution in [0.1, 0.15) is 47.7 Å². The molecular formula is C26H37N3O7. The van der Waals surface area contributed by atoms with E-state index >= 15 is 0 Å². The molecule has 1 aromatic carbocycles. The molecule has 0 radical (unpaired) electrons. The lowest BCUT2D eigenvalue weighted by Crippen LogP contribution is -2.33. The Kier molecular flexibility index (Phi) is 9.66. The first-order valence-electron chi connectivity index (χ1n) is 11.8. The quantitative estimate of drug-likeness (QED) is 0.117. The van der Waals surface area contributed by atoms with Crippen LogP contribution in [0.4, 0.5) is 5.69 Å². The minimum atomic E-state index is -1.05. The van der Waals surface area contributed by atoms with Crippen molar-refractivity contribution >= 4 is 23.7 Å². The third kappa shape index (κ3) is 5.71. The standard InChI is InChI=1S/C26H37N3O7/c1-7-14-10-16-19(29(4)5)11-15(13-36-6)23(32)22(16)25(34)21(14)20(31)9-8-18(28(2)3)24(33)17(12-30)26(27)35/h11-12,14,18,31-33H,7-10,13H2,1-6H3,(H2,27,35)/b21-20-,24-17-/t14?,18-/m0/s1. The molecule has 0 saturated carbocycles. The van der Waals surface area contributed by atoms with Crippen LogP contribution in [-0.4, -0.2) is 79.5 Å². The van der Waals surface area contributed by atoms with E-state index in [1.807, 2.05) is 32.0 Å². The molecule has 36 heavy (non-hydrogen) atoms. The SMILES string of the molecule is CCC1Cc2c(N(C)C)cc(COC)c(O)c2C(=O)/C1=C(\O)CC[C@@H](/C(O)=C(\C=O)C(N)=O)N(C)C. The highest BCUT2D eigenvalue weighted by molar-refractivity contribution is 6.14. The molecule has 198 valence electrons. The Hall–Kier alpha value is -3.37. The van der Waals surface area contributed by atoms with Gasteiger partial charge in [-0.3, -0.25) is 19.3 Å². The zero-order valence-corrected chi connectivity index (χ0v) is 21.8. The molecule has 5 N–H and O–H groups in total. The molecule has 0 aromatic heterocycles. The molecule has 2 rings (SSSR count). The number of ether oxygens (including phenoxy) is 1. The van der Waals surface area contributed by atoms with Crippen molar-refractivity contribution in [3.05, 3.63) is 45.4 Å². The zero-order valence-electron chi connectivity index (χ0n) is 21.8. The number of anilines is 1. The minimum absolute atomic E-state index is 0.0101. The number of rotatable bonds is 11. The normalized spacial score (nSPS) is 18.4. The second kappa shape index (κ2) is 12.0. The Morgan fingerprint density at radius 1 is 1.28 bits per heavy atom. The third-order valence-corrected chi connectivity index (χ3v) is 6.63. The Balaban J connectivity index is 2.57. The maximum Gasteiger partial charge on any atom is 0.255 e. The topological polar surface area (TPSA) is 154 Å². The molecule has 1 aliphatic rings. The number of nitrogens with two attached hydrogens (primary N) is 1. The molecular weight excluding hydrogens is 466 g/mol. The molecule has 10 heteroatoms. The number of allylic oxidation sites excluding steroid dienone is 2. The van der Waals surface area contributed by atoms with Crippen LogP contribution >= 0.6 is 0 Å². The summed E-state index contributed by atoms with van der Waals surface area (Å²) in [7, 11) is 8.50. The number of hydrogen-bond donors (Lipinski definition) is 4. The lowest BCUT2D eigenvalue weighted by molar-refractivity contribution is -0.117. The van der Waals surface area contributed by atoms with E-state index in [4.69, 9.17) is 10.5 Å².